The fourth-order valence-electron chi connectivity index (χ4n) is 3.91. The summed E-state index contributed by atoms with van der Waals surface area (Å²) < 4.78 is 7.00. The molecule has 5 rings (SSSR count). The maximum atomic E-state index is 11.9. The van der Waals surface area contributed by atoms with Crippen molar-refractivity contribution in [3.05, 3.63) is 111 Å². The average Bonchev–Trinajstić information content (AvgIpc) is 3.32. The molecule has 3 aromatic heterocycles. The summed E-state index contributed by atoms with van der Waals surface area (Å²) in [7, 11) is 1.63. The van der Waals surface area contributed by atoms with Gasteiger partial charge in [0, 0.05) is 30.9 Å². The Morgan fingerprint density at radius 2 is 1.78 bits per heavy atom. The molecule has 9 heteroatoms. The minimum atomic E-state index is -0.0703. The second-order valence-corrected chi connectivity index (χ2v) is 8.29. The maximum Gasteiger partial charge on any atom is 0.251 e. The number of hydrogen-bond donors (Lipinski definition) is 2. The van der Waals surface area contributed by atoms with Gasteiger partial charge in [-0.15, -0.1) is 0 Å². The first-order valence-electron chi connectivity index (χ1n) is 11.4. The number of aromatic nitrogens is 5. The fraction of sp³-hybridized carbons (Fsp3) is 0.148. The number of anilines is 1. The molecular weight excluding hydrogens is 454 g/mol. The SMILES string of the molecule is COc1ccc(CNc2nc(C#N)nc3nn(Cc4ccc(Cc5ccc[nH]c5=O)cc4)cc23)cc1. The summed E-state index contributed by atoms with van der Waals surface area (Å²) in [6.45, 7) is 1.06. The van der Waals surface area contributed by atoms with Gasteiger partial charge < -0.3 is 15.0 Å². The van der Waals surface area contributed by atoms with Gasteiger partial charge in [-0.2, -0.15) is 15.3 Å². The molecule has 0 spiro atoms. The van der Waals surface area contributed by atoms with Crippen molar-refractivity contribution >= 4 is 16.9 Å². The number of nitriles is 1. The zero-order valence-corrected chi connectivity index (χ0v) is 19.6. The van der Waals surface area contributed by atoms with Gasteiger partial charge in [-0.3, -0.25) is 9.48 Å². The second-order valence-electron chi connectivity index (χ2n) is 8.29. The van der Waals surface area contributed by atoms with Crippen LogP contribution in [0.1, 0.15) is 28.1 Å². The molecule has 2 N–H and O–H groups in total. The van der Waals surface area contributed by atoms with Crippen LogP contribution in [-0.2, 0) is 19.5 Å². The number of benzene rings is 2. The molecule has 36 heavy (non-hydrogen) atoms. The van der Waals surface area contributed by atoms with Crippen molar-refractivity contribution in [2.24, 2.45) is 0 Å². The van der Waals surface area contributed by atoms with E-state index in [0.717, 1.165) is 33.4 Å². The van der Waals surface area contributed by atoms with Gasteiger partial charge in [0.2, 0.25) is 5.82 Å². The molecule has 0 bridgehead atoms. The van der Waals surface area contributed by atoms with E-state index in [4.69, 9.17) is 4.74 Å². The molecule has 0 unspecified atom stereocenters. The van der Waals surface area contributed by atoms with E-state index in [1.165, 1.54) is 0 Å². The Hall–Kier alpha value is -4.97. The number of rotatable bonds is 8. The first kappa shape index (κ1) is 22.8. The van der Waals surface area contributed by atoms with Crippen LogP contribution in [0, 0.1) is 11.3 Å². The number of methoxy groups -OCH3 is 1. The topological polar surface area (TPSA) is 122 Å². The van der Waals surface area contributed by atoms with Crippen LogP contribution >= 0.6 is 0 Å². The average molecular weight is 478 g/mol. The number of pyridine rings is 1. The van der Waals surface area contributed by atoms with Crippen LogP contribution in [0.15, 0.2) is 77.9 Å². The van der Waals surface area contributed by atoms with Crippen LogP contribution in [0.2, 0.25) is 0 Å². The van der Waals surface area contributed by atoms with Crippen molar-refractivity contribution < 1.29 is 4.74 Å². The third kappa shape index (κ3) is 5.08. The molecule has 2 aromatic carbocycles. The summed E-state index contributed by atoms with van der Waals surface area (Å²) in [6.07, 6.45) is 4.08. The largest absolute Gasteiger partial charge is 0.497 e. The summed E-state index contributed by atoms with van der Waals surface area (Å²) in [5, 5.41) is 18.0. The predicted molar refractivity (Wildman–Crippen MR) is 136 cm³/mol. The Morgan fingerprint density at radius 3 is 2.50 bits per heavy atom. The number of aromatic amines is 1. The third-order valence-corrected chi connectivity index (χ3v) is 5.81. The van der Waals surface area contributed by atoms with Gasteiger partial charge in [0.05, 0.1) is 19.0 Å². The number of ether oxygens (including phenoxy) is 1. The zero-order valence-electron chi connectivity index (χ0n) is 19.6. The number of nitrogens with one attached hydrogen (secondary N) is 2. The Kier molecular flexibility index (Phi) is 6.40. The molecule has 0 aliphatic heterocycles. The van der Waals surface area contributed by atoms with E-state index in [-0.39, 0.29) is 11.4 Å². The van der Waals surface area contributed by atoms with E-state index in [0.29, 0.717) is 31.0 Å². The summed E-state index contributed by atoms with van der Waals surface area (Å²) in [4.78, 5) is 23.3. The highest BCUT2D eigenvalue weighted by Crippen LogP contribution is 2.21. The normalized spacial score (nSPS) is 10.8. The number of nitrogens with zero attached hydrogens (tertiary/aromatic N) is 5. The van der Waals surface area contributed by atoms with Crippen LogP contribution in [0.25, 0.3) is 11.0 Å². The lowest BCUT2D eigenvalue weighted by molar-refractivity contribution is 0.414. The standard InChI is InChI=1S/C27H23N7O2/c1-36-22-10-8-19(9-11-22)15-30-25-23-17-34(33-26(23)32-24(14-28)31-25)16-20-6-4-18(5-7-20)13-21-3-2-12-29-27(21)35/h2-12,17H,13,15-16H2,1H3,(H,29,35)(H,30,31,32,33). The lowest BCUT2D eigenvalue weighted by Crippen LogP contribution is -2.11. The lowest BCUT2D eigenvalue weighted by atomic mass is 10.0. The minimum absolute atomic E-state index is 0.0604. The molecule has 0 amide bonds. The number of fused-ring (bicyclic) bond motifs is 1. The van der Waals surface area contributed by atoms with Crippen molar-refractivity contribution in [1.82, 2.24) is 24.7 Å². The van der Waals surface area contributed by atoms with Crippen LogP contribution < -0.4 is 15.6 Å². The van der Waals surface area contributed by atoms with Gasteiger partial charge in [-0.1, -0.05) is 42.5 Å². The van der Waals surface area contributed by atoms with Crippen LogP contribution in [0.4, 0.5) is 5.82 Å². The van der Waals surface area contributed by atoms with Crippen molar-refractivity contribution in [1.29, 1.82) is 5.26 Å². The highest BCUT2D eigenvalue weighted by molar-refractivity contribution is 5.86. The van der Waals surface area contributed by atoms with E-state index in [9.17, 15) is 10.1 Å². The van der Waals surface area contributed by atoms with Gasteiger partial charge >= 0.3 is 0 Å². The highest BCUT2D eigenvalue weighted by Gasteiger charge is 2.12. The first-order valence-corrected chi connectivity index (χ1v) is 11.4. The molecule has 0 fully saturated rings. The first-order chi connectivity index (χ1) is 17.6. The second kappa shape index (κ2) is 10.1. The number of H-pyrrole nitrogens is 1. The molecular formula is C27H23N7O2. The van der Waals surface area contributed by atoms with Gasteiger partial charge in [0.15, 0.2) is 5.65 Å². The van der Waals surface area contributed by atoms with Crippen molar-refractivity contribution in [3.63, 3.8) is 0 Å². The molecule has 0 atom stereocenters. The quantitative estimate of drug-likeness (QED) is 0.350. The Bertz CT molecular complexity index is 1600. The van der Waals surface area contributed by atoms with Gasteiger partial charge in [0.1, 0.15) is 17.6 Å². The van der Waals surface area contributed by atoms with E-state index in [2.05, 4.69) is 25.4 Å². The molecule has 3 heterocycles. The van der Waals surface area contributed by atoms with Gasteiger partial charge in [-0.05, 0) is 34.9 Å². The van der Waals surface area contributed by atoms with Crippen molar-refractivity contribution in [2.45, 2.75) is 19.5 Å². The van der Waals surface area contributed by atoms with Gasteiger partial charge in [0.25, 0.3) is 5.56 Å². The summed E-state index contributed by atoms with van der Waals surface area (Å²) in [5.41, 5.74) is 4.26. The van der Waals surface area contributed by atoms with Crippen LogP contribution in [-0.4, -0.2) is 31.8 Å². The van der Waals surface area contributed by atoms with E-state index >= 15 is 0 Å². The molecule has 0 saturated carbocycles. The van der Waals surface area contributed by atoms with E-state index < -0.39 is 0 Å². The Labute approximate surface area is 207 Å². The zero-order chi connectivity index (χ0) is 24.9. The highest BCUT2D eigenvalue weighted by atomic mass is 16.5. The Balaban J connectivity index is 1.33. The molecule has 0 saturated heterocycles. The molecule has 0 radical (unpaired) electrons. The monoisotopic (exact) mass is 477 g/mol. The minimum Gasteiger partial charge on any atom is -0.497 e. The maximum absolute atomic E-state index is 11.9. The molecule has 0 aliphatic rings. The smallest absolute Gasteiger partial charge is 0.251 e. The molecule has 178 valence electrons. The van der Waals surface area contributed by atoms with Gasteiger partial charge in [-0.25, -0.2) is 4.98 Å². The molecule has 0 aliphatic carbocycles. The van der Waals surface area contributed by atoms with Crippen LogP contribution in [0.5, 0.6) is 5.75 Å². The molecule has 5 aromatic rings. The number of hydrogen-bond acceptors (Lipinski definition) is 7. The van der Waals surface area contributed by atoms with E-state index in [1.54, 1.807) is 18.0 Å². The lowest BCUT2D eigenvalue weighted by Gasteiger charge is -2.07. The van der Waals surface area contributed by atoms with Crippen molar-refractivity contribution in [2.75, 3.05) is 12.4 Å². The summed E-state index contributed by atoms with van der Waals surface area (Å²) in [5.74, 6) is 1.41. The van der Waals surface area contributed by atoms with Crippen molar-refractivity contribution in [3.8, 4) is 11.8 Å². The fourth-order valence-corrected chi connectivity index (χ4v) is 3.91. The summed E-state index contributed by atoms with van der Waals surface area (Å²) in [6, 6.07) is 21.5. The Morgan fingerprint density at radius 1 is 1.03 bits per heavy atom. The molecule has 9 nitrogen and oxygen atoms in total. The van der Waals surface area contributed by atoms with Crippen LogP contribution in [0.3, 0.4) is 0 Å². The summed E-state index contributed by atoms with van der Waals surface area (Å²) >= 11 is 0. The predicted octanol–water partition coefficient (Wildman–Crippen LogP) is 3.65. The third-order valence-electron chi connectivity index (χ3n) is 5.81. The van der Waals surface area contributed by atoms with E-state index in [1.807, 2.05) is 72.9 Å².